The SMILES string of the molecule is Cc1ccc(CNC(c2ccccc2)c2nccn2C)s1. The summed E-state index contributed by atoms with van der Waals surface area (Å²) in [4.78, 5) is 7.21. The molecule has 0 amide bonds. The van der Waals surface area contributed by atoms with Crippen LogP contribution in [0.3, 0.4) is 0 Å². The van der Waals surface area contributed by atoms with Gasteiger partial charge in [0.2, 0.25) is 0 Å². The third kappa shape index (κ3) is 3.23. The van der Waals surface area contributed by atoms with Gasteiger partial charge in [0.1, 0.15) is 5.82 Å². The minimum absolute atomic E-state index is 0.105. The van der Waals surface area contributed by atoms with Crippen LogP contribution < -0.4 is 5.32 Å². The molecule has 0 fully saturated rings. The molecule has 3 rings (SSSR count). The van der Waals surface area contributed by atoms with Gasteiger partial charge in [-0.05, 0) is 24.6 Å². The molecule has 1 atom stereocenters. The maximum Gasteiger partial charge on any atom is 0.130 e. The Bertz CT molecular complexity index is 700. The van der Waals surface area contributed by atoms with Crippen molar-refractivity contribution in [3.8, 4) is 0 Å². The molecule has 0 saturated heterocycles. The maximum atomic E-state index is 4.51. The highest BCUT2D eigenvalue weighted by molar-refractivity contribution is 7.11. The summed E-state index contributed by atoms with van der Waals surface area (Å²) in [7, 11) is 2.04. The molecule has 0 bridgehead atoms. The van der Waals surface area contributed by atoms with E-state index in [-0.39, 0.29) is 6.04 Å². The van der Waals surface area contributed by atoms with Crippen LogP contribution in [0.15, 0.2) is 54.9 Å². The highest BCUT2D eigenvalue weighted by Crippen LogP contribution is 2.22. The number of hydrogen-bond donors (Lipinski definition) is 1. The Kier molecular flexibility index (Phi) is 4.18. The van der Waals surface area contributed by atoms with Crippen molar-refractivity contribution in [2.24, 2.45) is 7.05 Å². The van der Waals surface area contributed by atoms with Gasteiger partial charge < -0.3 is 4.57 Å². The smallest absolute Gasteiger partial charge is 0.130 e. The molecule has 2 heterocycles. The van der Waals surface area contributed by atoms with Gasteiger partial charge in [-0.2, -0.15) is 0 Å². The van der Waals surface area contributed by atoms with Crippen LogP contribution in [0.2, 0.25) is 0 Å². The number of benzene rings is 1. The zero-order chi connectivity index (χ0) is 14.7. The topological polar surface area (TPSA) is 29.9 Å². The van der Waals surface area contributed by atoms with Gasteiger partial charge in [-0.1, -0.05) is 30.3 Å². The first-order valence-corrected chi connectivity index (χ1v) is 7.86. The van der Waals surface area contributed by atoms with E-state index in [4.69, 9.17) is 0 Å². The summed E-state index contributed by atoms with van der Waals surface area (Å²) in [5.74, 6) is 1.04. The molecule has 1 aromatic carbocycles. The number of thiophene rings is 1. The predicted molar refractivity (Wildman–Crippen MR) is 87.4 cm³/mol. The second-order valence-electron chi connectivity index (χ2n) is 5.13. The van der Waals surface area contributed by atoms with Gasteiger partial charge in [0.15, 0.2) is 0 Å². The van der Waals surface area contributed by atoms with E-state index < -0.39 is 0 Å². The third-order valence-corrected chi connectivity index (χ3v) is 4.53. The quantitative estimate of drug-likeness (QED) is 0.778. The van der Waals surface area contributed by atoms with Crippen LogP contribution in [0.1, 0.15) is 27.2 Å². The minimum atomic E-state index is 0.105. The van der Waals surface area contributed by atoms with Gasteiger partial charge in [-0.25, -0.2) is 4.98 Å². The van der Waals surface area contributed by atoms with Crippen LogP contribution in [0, 0.1) is 6.92 Å². The summed E-state index contributed by atoms with van der Waals surface area (Å²) in [6, 6.07) is 14.9. The number of aryl methyl sites for hydroxylation is 2. The van der Waals surface area contributed by atoms with E-state index in [2.05, 4.69) is 58.2 Å². The average molecular weight is 297 g/mol. The molecular formula is C17H19N3S. The Balaban J connectivity index is 1.84. The molecule has 0 saturated carbocycles. The number of aromatic nitrogens is 2. The highest BCUT2D eigenvalue weighted by atomic mass is 32.1. The normalized spacial score (nSPS) is 12.5. The first kappa shape index (κ1) is 14.0. The van der Waals surface area contributed by atoms with E-state index in [1.807, 2.05) is 36.8 Å². The fraction of sp³-hybridized carbons (Fsp3) is 0.235. The number of rotatable bonds is 5. The van der Waals surface area contributed by atoms with Crippen LogP contribution in [0.25, 0.3) is 0 Å². The predicted octanol–water partition coefficient (Wildman–Crippen LogP) is 3.67. The highest BCUT2D eigenvalue weighted by Gasteiger charge is 2.17. The Morgan fingerprint density at radius 3 is 2.62 bits per heavy atom. The van der Waals surface area contributed by atoms with Gasteiger partial charge in [0.05, 0.1) is 6.04 Å². The lowest BCUT2D eigenvalue weighted by atomic mass is 10.1. The molecule has 3 aromatic rings. The molecule has 108 valence electrons. The molecule has 0 spiro atoms. The summed E-state index contributed by atoms with van der Waals surface area (Å²) in [5, 5.41) is 3.64. The Morgan fingerprint density at radius 2 is 2.00 bits per heavy atom. The monoisotopic (exact) mass is 297 g/mol. The van der Waals surface area contributed by atoms with Crippen LogP contribution in [-0.2, 0) is 13.6 Å². The summed E-state index contributed by atoms with van der Waals surface area (Å²) >= 11 is 1.84. The van der Waals surface area contributed by atoms with Crippen molar-refractivity contribution < 1.29 is 0 Å². The first-order chi connectivity index (χ1) is 10.2. The second kappa shape index (κ2) is 6.24. The fourth-order valence-corrected chi connectivity index (χ4v) is 3.28. The lowest BCUT2D eigenvalue weighted by Crippen LogP contribution is -2.24. The van der Waals surface area contributed by atoms with E-state index in [0.29, 0.717) is 0 Å². The summed E-state index contributed by atoms with van der Waals surface area (Å²) in [6.07, 6.45) is 3.84. The standard InChI is InChI=1S/C17H19N3S/c1-13-8-9-15(21-13)12-19-16(14-6-4-3-5-7-14)17-18-10-11-20(17)2/h3-11,16,19H,12H2,1-2H3. The largest absolute Gasteiger partial charge is 0.336 e. The van der Waals surface area contributed by atoms with Crippen molar-refractivity contribution in [1.29, 1.82) is 0 Å². The van der Waals surface area contributed by atoms with Crippen molar-refractivity contribution in [2.75, 3.05) is 0 Å². The summed E-state index contributed by atoms with van der Waals surface area (Å²) < 4.78 is 2.07. The van der Waals surface area contributed by atoms with Gasteiger partial charge in [-0.3, -0.25) is 5.32 Å². The van der Waals surface area contributed by atoms with Crippen LogP contribution in [0.5, 0.6) is 0 Å². The van der Waals surface area contributed by atoms with E-state index in [1.54, 1.807) is 0 Å². The first-order valence-electron chi connectivity index (χ1n) is 7.05. The van der Waals surface area contributed by atoms with Crippen molar-refractivity contribution in [2.45, 2.75) is 19.5 Å². The molecule has 0 aliphatic carbocycles. The molecule has 1 N–H and O–H groups in total. The van der Waals surface area contributed by atoms with E-state index in [1.165, 1.54) is 15.3 Å². The average Bonchev–Trinajstić information content (AvgIpc) is 3.10. The van der Waals surface area contributed by atoms with Crippen molar-refractivity contribution in [3.63, 3.8) is 0 Å². The lowest BCUT2D eigenvalue weighted by Gasteiger charge is -2.18. The molecule has 1 unspecified atom stereocenters. The zero-order valence-electron chi connectivity index (χ0n) is 12.3. The fourth-order valence-electron chi connectivity index (χ4n) is 2.44. The van der Waals surface area contributed by atoms with Crippen LogP contribution >= 0.6 is 11.3 Å². The maximum absolute atomic E-state index is 4.51. The van der Waals surface area contributed by atoms with E-state index in [0.717, 1.165) is 12.4 Å². The number of nitrogens with one attached hydrogen (secondary N) is 1. The molecule has 4 heteroatoms. The molecular weight excluding hydrogens is 278 g/mol. The number of nitrogens with zero attached hydrogens (tertiary/aromatic N) is 2. The van der Waals surface area contributed by atoms with Crippen molar-refractivity contribution in [1.82, 2.24) is 14.9 Å². The lowest BCUT2D eigenvalue weighted by molar-refractivity contribution is 0.561. The molecule has 0 aliphatic rings. The van der Waals surface area contributed by atoms with Crippen LogP contribution in [0.4, 0.5) is 0 Å². The molecule has 3 nitrogen and oxygen atoms in total. The van der Waals surface area contributed by atoms with E-state index in [9.17, 15) is 0 Å². The minimum Gasteiger partial charge on any atom is -0.336 e. The second-order valence-corrected chi connectivity index (χ2v) is 6.51. The van der Waals surface area contributed by atoms with Gasteiger partial charge in [0, 0.05) is 35.7 Å². The summed E-state index contributed by atoms with van der Waals surface area (Å²) in [6.45, 7) is 2.99. The Labute approximate surface area is 129 Å². The summed E-state index contributed by atoms with van der Waals surface area (Å²) in [5.41, 5.74) is 1.24. The number of imidazole rings is 1. The molecule has 0 aliphatic heterocycles. The molecule has 2 aromatic heterocycles. The van der Waals surface area contributed by atoms with Gasteiger partial charge in [-0.15, -0.1) is 11.3 Å². The van der Waals surface area contributed by atoms with E-state index >= 15 is 0 Å². The Morgan fingerprint density at radius 1 is 1.19 bits per heavy atom. The Hall–Kier alpha value is -1.91. The van der Waals surface area contributed by atoms with Gasteiger partial charge >= 0.3 is 0 Å². The molecule has 21 heavy (non-hydrogen) atoms. The third-order valence-electron chi connectivity index (χ3n) is 3.53. The molecule has 0 radical (unpaired) electrons. The van der Waals surface area contributed by atoms with Crippen molar-refractivity contribution >= 4 is 11.3 Å². The van der Waals surface area contributed by atoms with Crippen molar-refractivity contribution in [3.05, 3.63) is 76.0 Å². The van der Waals surface area contributed by atoms with Gasteiger partial charge in [0.25, 0.3) is 0 Å². The zero-order valence-corrected chi connectivity index (χ0v) is 13.1. The van der Waals surface area contributed by atoms with Crippen LogP contribution in [-0.4, -0.2) is 9.55 Å². The number of hydrogen-bond acceptors (Lipinski definition) is 3.